The molecule has 0 spiro atoms. The number of Topliss-reactive ketones (excluding diaryl/α,β-unsaturated/α-hetero) is 1. The van der Waals surface area contributed by atoms with Gasteiger partial charge in [-0.15, -0.1) is 21.5 Å². The Morgan fingerprint density at radius 3 is 2.76 bits per heavy atom. The lowest BCUT2D eigenvalue weighted by molar-refractivity contribution is 0.101. The molecule has 0 saturated carbocycles. The Kier molecular flexibility index (Phi) is 5.19. The summed E-state index contributed by atoms with van der Waals surface area (Å²) >= 11 is 2.72. The molecule has 0 atom stereocenters. The van der Waals surface area contributed by atoms with Crippen LogP contribution in [-0.2, 0) is 0 Å². The van der Waals surface area contributed by atoms with E-state index < -0.39 is 0 Å². The Balaban J connectivity index is 1.71. The van der Waals surface area contributed by atoms with Crippen molar-refractivity contribution in [1.29, 1.82) is 0 Å². The molecule has 0 saturated heterocycles. The number of nitrogens with zero attached hydrogens (tertiary/aromatic N) is 3. The molecule has 0 radical (unpaired) electrons. The molecule has 0 amide bonds. The van der Waals surface area contributed by atoms with Crippen molar-refractivity contribution in [3.05, 3.63) is 40.0 Å². The third kappa shape index (κ3) is 3.91. The fraction of sp³-hybridized carbons (Fsp3) is 0.294. The number of aromatic nitrogens is 3. The van der Waals surface area contributed by atoms with Crippen LogP contribution in [0.5, 0.6) is 5.75 Å². The van der Waals surface area contributed by atoms with E-state index in [1.807, 2.05) is 32.9 Å². The number of aryl methyl sites for hydroxylation is 3. The van der Waals surface area contributed by atoms with Gasteiger partial charge in [-0.1, -0.05) is 23.4 Å². The Bertz CT molecular complexity index is 918. The molecule has 3 rings (SSSR count). The summed E-state index contributed by atoms with van der Waals surface area (Å²) < 4.78 is 10.9. The molecule has 1 aromatic carbocycles. The highest BCUT2D eigenvalue weighted by molar-refractivity contribution is 7.99. The second-order valence-corrected chi connectivity index (χ2v) is 7.57. The molecule has 0 aliphatic carbocycles. The Hall–Kier alpha value is -2.19. The lowest BCUT2D eigenvalue weighted by Gasteiger charge is -2.07. The Labute approximate surface area is 153 Å². The molecule has 0 fully saturated rings. The van der Waals surface area contributed by atoms with Crippen molar-refractivity contribution < 1.29 is 13.9 Å². The minimum Gasteiger partial charge on any atom is -0.496 e. The number of rotatable bonds is 6. The van der Waals surface area contributed by atoms with Crippen LogP contribution in [0.2, 0.25) is 0 Å². The minimum absolute atomic E-state index is 0.0462. The number of methoxy groups -OCH3 is 1. The van der Waals surface area contributed by atoms with Crippen molar-refractivity contribution in [2.24, 2.45) is 0 Å². The van der Waals surface area contributed by atoms with Gasteiger partial charge in [0.1, 0.15) is 10.6 Å². The van der Waals surface area contributed by atoms with E-state index in [2.05, 4.69) is 15.2 Å². The zero-order valence-electron chi connectivity index (χ0n) is 14.3. The summed E-state index contributed by atoms with van der Waals surface area (Å²) in [4.78, 5) is 17.7. The fourth-order valence-corrected chi connectivity index (χ4v) is 3.82. The van der Waals surface area contributed by atoms with Gasteiger partial charge in [-0.05, 0) is 32.9 Å². The monoisotopic (exact) mass is 375 g/mol. The highest BCUT2D eigenvalue weighted by Crippen LogP contribution is 2.31. The van der Waals surface area contributed by atoms with E-state index in [0.29, 0.717) is 22.4 Å². The van der Waals surface area contributed by atoms with Crippen LogP contribution in [0.1, 0.15) is 26.6 Å². The van der Waals surface area contributed by atoms with Gasteiger partial charge in [0.05, 0.1) is 29.1 Å². The number of carbonyl (C=O) groups is 1. The third-order valence-electron chi connectivity index (χ3n) is 3.49. The maximum atomic E-state index is 12.5. The molecule has 0 bridgehead atoms. The first-order valence-corrected chi connectivity index (χ1v) is 9.36. The van der Waals surface area contributed by atoms with Gasteiger partial charge >= 0.3 is 0 Å². The standard InChI is InChI=1S/C17H17N3O3S2/c1-9-5-6-14(22-4)12(7-9)13(21)8-24-17-20-19-16(23-17)15-10(2)18-11(3)25-15/h5-7H,8H2,1-4H3. The van der Waals surface area contributed by atoms with E-state index in [1.165, 1.54) is 23.1 Å². The van der Waals surface area contributed by atoms with E-state index in [4.69, 9.17) is 9.15 Å². The molecule has 0 unspecified atom stereocenters. The van der Waals surface area contributed by atoms with E-state index >= 15 is 0 Å². The maximum absolute atomic E-state index is 12.5. The zero-order valence-corrected chi connectivity index (χ0v) is 16.0. The SMILES string of the molecule is COc1ccc(C)cc1C(=O)CSc1nnc(-c2sc(C)nc2C)o1. The van der Waals surface area contributed by atoms with Crippen LogP contribution in [0.3, 0.4) is 0 Å². The molecule has 8 heteroatoms. The number of ether oxygens (including phenoxy) is 1. The average molecular weight is 375 g/mol. The van der Waals surface area contributed by atoms with Crippen molar-refractivity contribution in [2.75, 3.05) is 12.9 Å². The highest BCUT2D eigenvalue weighted by Gasteiger charge is 2.18. The first-order valence-electron chi connectivity index (χ1n) is 7.56. The number of hydrogen-bond acceptors (Lipinski definition) is 8. The van der Waals surface area contributed by atoms with E-state index in [9.17, 15) is 4.79 Å². The van der Waals surface area contributed by atoms with Crippen LogP contribution in [-0.4, -0.2) is 33.8 Å². The molecule has 2 heterocycles. The third-order valence-corrected chi connectivity index (χ3v) is 5.37. The van der Waals surface area contributed by atoms with Crippen LogP contribution in [0.25, 0.3) is 10.8 Å². The van der Waals surface area contributed by atoms with Crippen molar-refractivity contribution in [3.8, 4) is 16.5 Å². The summed E-state index contributed by atoms with van der Waals surface area (Å²) in [6.07, 6.45) is 0. The summed E-state index contributed by atoms with van der Waals surface area (Å²) in [6, 6.07) is 5.53. The number of thioether (sulfide) groups is 1. The molecule has 0 N–H and O–H groups in total. The van der Waals surface area contributed by atoms with Gasteiger partial charge in [-0.25, -0.2) is 4.98 Å². The summed E-state index contributed by atoms with van der Waals surface area (Å²) in [7, 11) is 1.55. The average Bonchev–Trinajstić information content (AvgIpc) is 3.18. The highest BCUT2D eigenvalue weighted by atomic mass is 32.2. The molecule has 3 aromatic rings. The molecule has 25 heavy (non-hydrogen) atoms. The topological polar surface area (TPSA) is 78.1 Å². The Morgan fingerprint density at radius 1 is 1.28 bits per heavy atom. The summed E-state index contributed by atoms with van der Waals surface area (Å²) in [5.41, 5.74) is 2.43. The summed E-state index contributed by atoms with van der Waals surface area (Å²) in [6.45, 7) is 5.78. The Morgan fingerprint density at radius 2 is 2.08 bits per heavy atom. The van der Waals surface area contributed by atoms with Crippen molar-refractivity contribution in [1.82, 2.24) is 15.2 Å². The predicted molar refractivity (Wildman–Crippen MR) is 97.7 cm³/mol. The molecule has 0 aliphatic heterocycles. The number of thiazole rings is 1. The van der Waals surface area contributed by atoms with Gasteiger partial charge < -0.3 is 9.15 Å². The molecule has 2 aromatic heterocycles. The number of benzene rings is 1. The summed E-state index contributed by atoms with van der Waals surface area (Å²) in [5, 5.41) is 9.37. The van der Waals surface area contributed by atoms with Gasteiger partial charge in [-0.2, -0.15) is 0 Å². The smallest absolute Gasteiger partial charge is 0.277 e. The van der Waals surface area contributed by atoms with Gasteiger partial charge in [0.2, 0.25) is 0 Å². The van der Waals surface area contributed by atoms with Crippen molar-refractivity contribution >= 4 is 28.9 Å². The lowest BCUT2D eigenvalue weighted by Crippen LogP contribution is -2.05. The maximum Gasteiger partial charge on any atom is 0.277 e. The molecule has 130 valence electrons. The predicted octanol–water partition coefficient (Wildman–Crippen LogP) is 4.10. The van der Waals surface area contributed by atoms with Crippen LogP contribution in [0.15, 0.2) is 27.8 Å². The van der Waals surface area contributed by atoms with Gasteiger partial charge in [0.25, 0.3) is 11.1 Å². The van der Waals surface area contributed by atoms with Gasteiger partial charge in [0, 0.05) is 0 Å². The normalized spacial score (nSPS) is 10.9. The largest absolute Gasteiger partial charge is 0.496 e. The lowest BCUT2D eigenvalue weighted by atomic mass is 10.1. The quantitative estimate of drug-likeness (QED) is 0.474. The van der Waals surface area contributed by atoms with Gasteiger partial charge in [-0.3, -0.25) is 4.79 Å². The van der Waals surface area contributed by atoms with E-state index in [0.717, 1.165) is 21.1 Å². The van der Waals surface area contributed by atoms with Crippen LogP contribution >= 0.6 is 23.1 Å². The molecule has 6 nitrogen and oxygen atoms in total. The summed E-state index contributed by atoms with van der Waals surface area (Å²) in [5.74, 6) is 1.15. The molecular weight excluding hydrogens is 358 g/mol. The van der Waals surface area contributed by atoms with Gasteiger partial charge in [0.15, 0.2) is 5.78 Å². The fourth-order valence-electron chi connectivity index (χ4n) is 2.33. The number of hydrogen-bond donors (Lipinski definition) is 0. The first-order chi connectivity index (χ1) is 12.0. The van der Waals surface area contributed by atoms with E-state index in [1.54, 1.807) is 13.2 Å². The molecular formula is C17H17N3O3S2. The van der Waals surface area contributed by atoms with Crippen molar-refractivity contribution in [3.63, 3.8) is 0 Å². The van der Waals surface area contributed by atoms with Crippen LogP contribution in [0, 0.1) is 20.8 Å². The number of carbonyl (C=O) groups excluding carboxylic acids is 1. The van der Waals surface area contributed by atoms with Crippen LogP contribution in [0.4, 0.5) is 0 Å². The second kappa shape index (κ2) is 7.37. The zero-order chi connectivity index (χ0) is 18.0. The van der Waals surface area contributed by atoms with Crippen molar-refractivity contribution in [2.45, 2.75) is 26.0 Å². The second-order valence-electron chi connectivity index (χ2n) is 5.44. The number of ketones is 1. The minimum atomic E-state index is -0.0462. The first kappa shape index (κ1) is 17.6. The van der Waals surface area contributed by atoms with Crippen LogP contribution < -0.4 is 4.74 Å². The molecule has 0 aliphatic rings. The van der Waals surface area contributed by atoms with E-state index in [-0.39, 0.29) is 11.5 Å².